The zero-order valence-electron chi connectivity index (χ0n) is 10.1. The average molecular weight is 238 g/mol. The molecule has 4 N–H and O–H groups in total. The monoisotopic (exact) mass is 238 g/mol. The van der Waals surface area contributed by atoms with Crippen LogP contribution in [0.4, 0.5) is 11.5 Å². The molecule has 0 bridgehead atoms. The Hall–Kier alpha value is -1.82. The van der Waals surface area contributed by atoms with Crippen molar-refractivity contribution in [3.05, 3.63) is 17.8 Å². The lowest BCUT2D eigenvalue weighted by atomic mass is 10.2. The van der Waals surface area contributed by atoms with Gasteiger partial charge in [0.25, 0.3) is 0 Å². The highest BCUT2D eigenvalue weighted by Crippen LogP contribution is 2.15. The maximum absolute atomic E-state index is 11.0. The van der Waals surface area contributed by atoms with Crippen LogP contribution in [-0.4, -0.2) is 47.6 Å². The molecule has 0 fully saturated rings. The first kappa shape index (κ1) is 13.2. The minimum absolute atomic E-state index is 0.101. The second-order valence-electron chi connectivity index (χ2n) is 3.79. The largest absolute Gasteiger partial charge is 0.478 e. The molecule has 0 saturated heterocycles. The van der Waals surface area contributed by atoms with E-state index in [2.05, 4.69) is 22.1 Å². The Balaban J connectivity index is 2.67. The molecular formula is C11H18N4O2. The van der Waals surface area contributed by atoms with Crippen molar-refractivity contribution in [1.29, 1.82) is 0 Å². The molecule has 0 aromatic carbocycles. The fraction of sp³-hybridized carbons (Fsp3) is 0.455. The summed E-state index contributed by atoms with van der Waals surface area (Å²) < 4.78 is 0. The lowest BCUT2D eigenvalue weighted by Gasteiger charge is -2.15. The summed E-state index contributed by atoms with van der Waals surface area (Å²) in [4.78, 5) is 17.1. The molecular weight excluding hydrogens is 220 g/mol. The van der Waals surface area contributed by atoms with Crippen molar-refractivity contribution in [2.24, 2.45) is 0 Å². The number of nitrogens with one attached hydrogen (secondary N) is 1. The molecule has 1 rings (SSSR count). The van der Waals surface area contributed by atoms with Crippen LogP contribution in [0, 0.1) is 0 Å². The van der Waals surface area contributed by atoms with Crippen LogP contribution in [0.25, 0.3) is 0 Å². The third-order valence-electron chi connectivity index (χ3n) is 2.47. The van der Waals surface area contributed by atoms with E-state index >= 15 is 0 Å². The Labute approximate surface area is 100 Å². The molecule has 0 aliphatic heterocycles. The summed E-state index contributed by atoms with van der Waals surface area (Å²) in [6.45, 7) is 4.47. The number of hydrogen-bond acceptors (Lipinski definition) is 5. The second kappa shape index (κ2) is 6.05. The SMILES string of the molecule is CCN(C)CCNc1ncc(N)cc1C(=O)O. The van der Waals surface area contributed by atoms with Gasteiger partial charge in [-0.25, -0.2) is 9.78 Å². The van der Waals surface area contributed by atoms with Gasteiger partial charge in [-0.05, 0) is 19.7 Å². The minimum Gasteiger partial charge on any atom is -0.478 e. The standard InChI is InChI=1S/C11H18N4O2/c1-3-15(2)5-4-13-10-9(11(16)17)6-8(12)7-14-10/h6-7H,3-5,12H2,1-2H3,(H,13,14)(H,16,17). The molecule has 0 saturated carbocycles. The summed E-state index contributed by atoms with van der Waals surface area (Å²) in [5, 5.41) is 12.0. The van der Waals surface area contributed by atoms with Crippen LogP contribution in [-0.2, 0) is 0 Å². The van der Waals surface area contributed by atoms with E-state index in [0.29, 0.717) is 18.1 Å². The minimum atomic E-state index is -1.03. The normalized spacial score (nSPS) is 10.5. The van der Waals surface area contributed by atoms with Crippen molar-refractivity contribution in [2.75, 3.05) is 37.7 Å². The number of aromatic nitrogens is 1. The van der Waals surface area contributed by atoms with E-state index in [1.807, 2.05) is 7.05 Å². The molecule has 0 aliphatic carbocycles. The number of hydrogen-bond donors (Lipinski definition) is 3. The first-order valence-corrected chi connectivity index (χ1v) is 5.45. The van der Waals surface area contributed by atoms with Crippen molar-refractivity contribution >= 4 is 17.5 Å². The van der Waals surface area contributed by atoms with Gasteiger partial charge in [0.15, 0.2) is 0 Å². The third-order valence-corrected chi connectivity index (χ3v) is 2.47. The van der Waals surface area contributed by atoms with E-state index in [-0.39, 0.29) is 5.56 Å². The summed E-state index contributed by atoms with van der Waals surface area (Å²) >= 11 is 0. The summed E-state index contributed by atoms with van der Waals surface area (Å²) in [5.41, 5.74) is 5.95. The quantitative estimate of drug-likeness (QED) is 0.676. The van der Waals surface area contributed by atoms with E-state index in [1.165, 1.54) is 12.3 Å². The van der Waals surface area contributed by atoms with Gasteiger partial charge < -0.3 is 21.1 Å². The Morgan fingerprint density at radius 1 is 1.65 bits per heavy atom. The fourth-order valence-electron chi connectivity index (χ4n) is 1.31. The Bertz CT molecular complexity index is 395. The molecule has 0 spiro atoms. The van der Waals surface area contributed by atoms with Gasteiger partial charge in [0, 0.05) is 13.1 Å². The molecule has 6 heteroatoms. The van der Waals surface area contributed by atoms with Gasteiger partial charge >= 0.3 is 5.97 Å². The van der Waals surface area contributed by atoms with Crippen molar-refractivity contribution in [2.45, 2.75) is 6.92 Å². The summed E-state index contributed by atoms with van der Waals surface area (Å²) in [6, 6.07) is 1.40. The molecule has 94 valence electrons. The van der Waals surface area contributed by atoms with Gasteiger partial charge in [-0.1, -0.05) is 6.92 Å². The Morgan fingerprint density at radius 2 is 2.35 bits per heavy atom. The van der Waals surface area contributed by atoms with Crippen molar-refractivity contribution in [1.82, 2.24) is 9.88 Å². The lowest BCUT2D eigenvalue weighted by Crippen LogP contribution is -2.25. The Kier molecular flexibility index (Phi) is 4.71. The number of nitrogens with two attached hydrogens (primary N) is 1. The van der Waals surface area contributed by atoms with E-state index in [4.69, 9.17) is 10.8 Å². The maximum atomic E-state index is 11.0. The number of likely N-dealkylation sites (N-methyl/N-ethyl adjacent to an activating group) is 1. The van der Waals surface area contributed by atoms with Crippen LogP contribution in [0.1, 0.15) is 17.3 Å². The van der Waals surface area contributed by atoms with Gasteiger partial charge in [-0.2, -0.15) is 0 Å². The molecule has 0 aliphatic rings. The molecule has 17 heavy (non-hydrogen) atoms. The van der Waals surface area contributed by atoms with E-state index in [0.717, 1.165) is 13.1 Å². The van der Waals surface area contributed by atoms with E-state index in [1.54, 1.807) is 0 Å². The molecule has 1 aromatic heterocycles. The molecule has 0 unspecified atom stereocenters. The number of anilines is 2. The number of carboxylic acid groups (broad SMARTS) is 1. The van der Waals surface area contributed by atoms with Crippen LogP contribution in [0.5, 0.6) is 0 Å². The molecule has 1 heterocycles. The first-order chi connectivity index (χ1) is 8.04. The predicted molar refractivity (Wildman–Crippen MR) is 67.3 cm³/mol. The van der Waals surface area contributed by atoms with Crippen LogP contribution in [0.2, 0.25) is 0 Å². The maximum Gasteiger partial charge on any atom is 0.339 e. The zero-order chi connectivity index (χ0) is 12.8. The van der Waals surface area contributed by atoms with Crippen LogP contribution >= 0.6 is 0 Å². The Morgan fingerprint density at radius 3 is 2.94 bits per heavy atom. The summed E-state index contributed by atoms with van der Waals surface area (Å²) in [6.07, 6.45) is 1.44. The number of aromatic carboxylic acids is 1. The zero-order valence-corrected chi connectivity index (χ0v) is 10.1. The fourth-order valence-corrected chi connectivity index (χ4v) is 1.31. The summed E-state index contributed by atoms with van der Waals surface area (Å²) in [7, 11) is 2.00. The molecule has 0 amide bonds. The summed E-state index contributed by atoms with van der Waals surface area (Å²) in [5.74, 6) is -0.674. The molecule has 6 nitrogen and oxygen atoms in total. The number of carboxylic acids is 1. The van der Waals surface area contributed by atoms with Crippen molar-refractivity contribution < 1.29 is 9.90 Å². The third kappa shape index (κ3) is 3.92. The van der Waals surface area contributed by atoms with Crippen LogP contribution in [0.15, 0.2) is 12.3 Å². The van der Waals surface area contributed by atoms with Gasteiger partial charge in [-0.15, -0.1) is 0 Å². The smallest absolute Gasteiger partial charge is 0.339 e. The van der Waals surface area contributed by atoms with E-state index in [9.17, 15) is 4.79 Å². The van der Waals surface area contributed by atoms with E-state index < -0.39 is 5.97 Å². The number of carbonyl (C=O) groups is 1. The molecule has 0 radical (unpaired) electrons. The number of rotatable bonds is 6. The highest BCUT2D eigenvalue weighted by molar-refractivity contribution is 5.94. The lowest BCUT2D eigenvalue weighted by molar-refractivity contribution is 0.0697. The van der Waals surface area contributed by atoms with Gasteiger partial charge in [0.05, 0.1) is 11.9 Å². The average Bonchev–Trinajstić information content (AvgIpc) is 2.30. The molecule has 1 aromatic rings. The predicted octanol–water partition coefficient (Wildman–Crippen LogP) is 0.726. The van der Waals surface area contributed by atoms with Crippen LogP contribution in [0.3, 0.4) is 0 Å². The van der Waals surface area contributed by atoms with Crippen molar-refractivity contribution in [3.63, 3.8) is 0 Å². The number of nitrogens with zero attached hydrogens (tertiary/aromatic N) is 2. The first-order valence-electron chi connectivity index (χ1n) is 5.45. The highest BCUT2D eigenvalue weighted by atomic mass is 16.4. The van der Waals surface area contributed by atoms with Gasteiger partial charge in [0.1, 0.15) is 11.4 Å². The van der Waals surface area contributed by atoms with Crippen LogP contribution < -0.4 is 11.1 Å². The highest BCUT2D eigenvalue weighted by Gasteiger charge is 2.11. The topological polar surface area (TPSA) is 91.5 Å². The van der Waals surface area contributed by atoms with Gasteiger partial charge in [-0.3, -0.25) is 0 Å². The number of nitrogen functional groups attached to an aromatic ring is 1. The van der Waals surface area contributed by atoms with Crippen molar-refractivity contribution in [3.8, 4) is 0 Å². The second-order valence-corrected chi connectivity index (χ2v) is 3.79. The van der Waals surface area contributed by atoms with Gasteiger partial charge in [0.2, 0.25) is 0 Å². The molecule has 0 atom stereocenters. The number of pyridine rings is 1.